The first-order chi connectivity index (χ1) is 14.2. The number of imidazole rings is 1. The molecule has 1 unspecified atom stereocenters. The van der Waals surface area contributed by atoms with Crippen molar-refractivity contribution in [3.05, 3.63) is 72.6 Å². The lowest BCUT2D eigenvalue weighted by atomic mass is 10.0. The molecule has 29 heavy (non-hydrogen) atoms. The number of aliphatic imine (C=N–C) groups is 1. The van der Waals surface area contributed by atoms with Gasteiger partial charge in [-0.1, -0.05) is 18.2 Å². The summed E-state index contributed by atoms with van der Waals surface area (Å²) >= 11 is 0. The number of anilines is 2. The smallest absolute Gasteiger partial charge is 0.181 e. The van der Waals surface area contributed by atoms with E-state index in [4.69, 9.17) is 5.84 Å². The molecule has 1 atom stereocenters. The molecule has 3 N–H and O–H groups in total. The minimum Gasteiger partial charge on any atom is -0.337 e. The predicted octanol–water partition coefficient (Wildman–Crippen LogP) is 2.60. The molecule has 140 valence electrons. The van der Waals surface area contributed by atoms with Crippen molar-refractivity contribution in [2.75, 3.05) is 11.2 Å². The summed E-state index contributed by atoms with van der Waals surface area (Å²) in [6.07, 6.45) is 12.4. The van der Waals surface area contributed by atoms with Crippen molar-refractivity contribution in [1.82, 2.24) is 24.3 Å². The summed E-state index contributed by atoms with van der Waals surface area (Å²) in [4.78, 5) is 14.2. The Labute approximate surface area is 165 Å². The normalized spacial score (nSPS) is 15.1. The second-order valence-electron chi connectivity index (χ2n) is 6.55. The highest BCUT2D eigenvalue weighted by Crippen LogP contribution is 2.27. The van der Waals surface area contributed by atoms with Gasteiger partial charge in [-0.05, 0) is 17.7 Å². The maximum atomic E-state index is 9.42. The van der Waals surface area contributed by atoms with Gasteiger partial charge in [0.15, 0.2) is 17.2 Å². The summed E-state index contributed by atoms with van der Waals surface area (Å²) in [7, 11) is 0. The molecule has 0 fully saturated rings. The molecule has 9 heteroatoms. The van der Waals surface area contributed by atoms with Crippen molar-refractivity contribution in [3.63, 3.8) is 0 Å². The number of rotatable bonds is 4. The molecule has 0 amide bonds. The zero-order valence-corrected chi connectivity index (χ0v) is 15.1. The van der Waals surface area contributed by atoms with Crippen molar-refractivity contribution in [1.29, 1.82) is 5.26 Å². The fourth-order valence-electron chi connectivity index (χ4n) is 3.27. The molecule has 0 aliphatic carbocycles. The highest BCUT2D eigenvalue weighted by Gasteiger charge is 2.15. The maximum absolute atomic E-state index is 9.42. The minimum absolute atomic E-state index is 0.203. The van der Waals surface area contributed by atoms with E-state index >= 15 is 0 Å². The molecule has 1 aliphatic heterocycles. The summed E-state index contributed by atoms with van der Waals surface area (Å²) in [6.45, 7) is 0. The Morgan fingerprint density at radius 3 is 2.69 bits per heavy atom. The average molecular weight is 381 g/mol. The number of aromatic nitrogens is 5. The highest BCUT2D eigenvalue weighted by molar-refractivity contribution is 5.76. The van der Waals surface area contributed by atoms with Gasteiger partial charge >= 0.3 is 0 Å². The third-order valence-electron chi connectivity index (χ3n) is 4.69. The van der Waals surface area contributed by atoms with Crippen LogP contribution in [0.3, 0.4) is 0 Å². The summed E-state index contributed by atoms with van der Waals surface area (Å²) < 4.78 is 1.80. The molecule has 0 saturated carbocycles. The first-order valence-corrected chi connectivity index (χ1v) is 8.86. The number of allylic oxidation sites excluding steroid dienone is 1. The molecule has 0 saturated heterocycles. The Kier molecular flexibility index (Phi) is 3.81. The van der Waals surface area contributed by atoms with Crippen LogP contribution in [0.2, 0.25) is 0 Å². The zero-order chi connectivity index (χ0) is 19.8. The Morgan fingerprint density at radius 2 is 2.00 bits per heavy atom. The van der Waals surface area contributed by atoms with Gasteiger partial charge in [0.2, 0.25) is 0 Å². The minimum atomic E-state index is 0.203. The number of nitrogens with one attached hydrogen (secondary N) is 1. The standard InChI is InChI=1S/C20H15N9/c21-7-17-12-28-18(15-9-25-29(22)11-15)10-24-20(28)19(27-17)26-16-3-1-13(2-4-16)14-5-6-23-8-14/h1-6,8-12,14H,22H2,(H,26,27). The summed E-state index contributed by atoms with van der Waals surface area (Å²) in [6, 6.07) is 10.1. The number of nitriles is 1. The van der Waals surface area contributed by atoms with Crippen molar-refractivity contribution in [2.24, 2.45) is 4.99 Å². The van der Waals surface area contributed by atoms with E-state index in [1.807, 2.05) is 36.6 Å². The van der Waals surface area contributed by atoms with Crippen molar-refractivity contribution < 1.29 is 0 Å². The lowest BCUT2D eigenvalue weighted by Crippen LogP contribution is -2.07. The van der Waals surface area contributed by atoms with E-state index in [1.54, 1.807) is 35.4 Å². The van der Waals surface area contributed by atoms with Crippen LogP contribution in [0.25, 0.3) is 16.9 Å². The van der Waals surface area contributed by atoms with Gasteiger partial charge in [0.05, 0.1) is 24.3 Å². The van der Waals surface area contributed by atoms with Gasteiger partial charge in [-0.3, -0.25) is 9.39 Å². The van der Waals surface area contributed by atoms with Gasteiger partial charge in [-0.25, -0.2) is 9.97 Å². The number of benzene rings is 1. The van der Waals surface area contributed by atoms with Crippen LogP contribution in [0.1, 0.15) is 17.2 Å². The molecule has 5 rings (SSSR count). The van der Waals surface area contributed by atoms with Crippen LogP contribution < -0.4 is 11.2 Å². The number of nitrogens with zero attached hydrogens (tertiary/aromatic N) is 7. The second-order valence-corrected chi connectivity index (χ2v) is 6.55. The molecule has 0 spiro atoms. The fourth-order valence-corrected chi connectivity index (χ4v) is 3.27. The van der Waals surface area contributed by atoms with Crippen LogP contribution in [0.5, 0.6) is 0 Å². The number of hydrogen-bond acceptors (Lipinski definition) is 7. The zero-order valence-electron chi connectivity index (χ0n) is 15.1. The lowest BCUT2D eigenvalue weighted by molar-refractivity contribution is 0.832. The van der Waals surface area contributed by atoms with E-state index in [9.17, 15) is 5.26 Å². The van der Waals surface area contributed by atoms with Crippen molar-refractivity contribution in [3.8, 4) is 17.3 Å². The number of nitrogens with two attached hydrogens (primary N) is 1. The average Bonchev–Trinajstić information content (AvgIpc) is 3.49. The molecule has 4 heterocycles. The van der Waals surface area contributed by atoms with Gasteiger partial charge in [0.25, 0.3) is 0 Å². The highest BCUT2D eigenvalue weighted by atomic mass is 15.5. The Balaban J connectivity index is 1.53. The topological polar surface area (TPSA) is 122 Å². The van der Waals surface area contributed by atoms with Crippen molar-refractivity contribution >= 4 is 23.4 Å². The molecule has 1 aliphatic rings. The molecule has 9 nitrogen and oxygen atoms in total. The van der Waals surface area contributed by atoms with E-state index in [0.29, 0.717) is 11.5 Å². The summed E-state index contributed by atoms with van der Waals surface area (Å²) in [5, 5.41) is 16.7. The summed E-state index contributed by atoms with van der Waals surface area (Å²) in [5.41, 5.74) is 4.41. The Morgan fingerprint density at radius 1 is 1.14 bits per heavy atom. The van der Waals surface area contributed by atoms with Crippen LogP contribution in [0.4, 0.5) is 11.5 Å². The van der Waals surface area contributed by atoms with Gasteiger partial charge in [0.1, 0.15) is 6.07 Å². The molecule has 4 aromatic rings. The van der Waals surface area contributed by atoms with Gasteiger partial charge in [0, 0.05) is 35.8 Å². The van der Waals surface area contributed by atoms with Crippen LogP contribution in [0, 0.1) is 11.3 Å². The van der Waals surface area contributed by atoms with Crippen LogP contribution >= 0.6 is 0 Å². The third-order valence-corrected chi connectivity index (χ3v) is 4.69. The largest absolute Gasteiger partial charge is 0.337 e. The molecular weight excluding hydrogens is 366 g/mol. The van der Waals surface area contributed by atoms with Gasteiger partial charge < -0.3 is 11.2 Å². The van der Waals surface area contributed by atoms with E-state index in [-0.39, 0.29) is 11.6 Å². The monoisotopic (exact) mass is 381 g/mol. The van der Waals surface area contributed by atoms with E-state index in [1.165, 1.54) is 4.79 Å². The van der Waals surface area contributed by atoms with Crippen LogP contribution in [-0.4, -0.2) is 30.5 Å². The van der Waals surface area contributed by atoms with Gasteiger partial charge in [-0.2, -0.15) is 15.2 Å². The number of hydrogen-bond donors (Lipinski definition) is 2. The van der Waals surface area contributed by atoms with E-state index < -0.39 is 0 Å². The molecule has 1 aromatic carbocycles. The van der Waals surface area contributed by atoms with Gasteiger partial charge in [-0.15, -0.1) is 0 Å². The predicted molar refractivity (Wildman–Crippen MR) is 109 cm³/mol. The third kappa shape index (κ3) is 2.98. The molecular formula is C20H15N9. The van der Waals surface area contributed by atoms with E-state index in [2.05, 4.69) is 31.4 Å². The van der Waals surface area contributed by atoms with Crippen molar-refractivity contribution in [2.45, 2.75) is 5.92 Å². The molecule has 0 radical (unpaired) electrons. The number of nitrogen functional groups attached to an aromatic ring is 1. The summed E-state index contributed by atoms with van der Waals surface area (Å²) in [5.74, 6) is 6.35. The quantitative estimate of drug-likeness (QED) is 0.524. The first-order valence-electron chi connectivity index (χ1n) is 8.86. The molecule has 3 aromatic heterocycles. The Bertz CT molecular complexity index is 1290. The number of fused-ring (bicyclic) bond motifs is 1. The lowest BCUT2D eigenvalue weighted by Gasteiger charge is -2.10. The Hall–Kier alpha value is -4.45. The van der Waals surface area contributed by atoms with E-state index in [0.717, 1.165) is 22.5 Å². The van der Waals surface area contributed by atoms with Crippen LogP contribution in [-0.2, 0) is 0 Å². The maximum Gasteiger partial charge on any atom is 0.181 e. The second kappa shape index (κ2) is 6.61. The van der Waals surface area contributed by atoms with Crippen LogP contribution in [0.15, 0.2) is 66.3 Å². The fraction of sp³-hybridized carbons (Fsp3) is 0.0500. The first kappa shape index (κ1) is 16.7. The molecule has 0 bridgehead atoms. The SMILES string of the molecule is N#Cc1cn2c(-c3cnn(N)c3)cnc2c(Nc2ccc(C3C=CN=C3)cc2)n1.